The third kappa shape index (κ3) is 2.42. The van der Waals surface area contributed by atoms with Crippen molar-refractivity contribution >= 4 is 17.1 Å². The van der Waals surface area contributed by atoms with E-state index in [-0.39, 0.29) is 11.7 Å². The van der Waals surface area contributed by atoms with Gasteiger partial charge in [-0.1, -0.05) is 13.8 Å². The van der Waals surface area contributed by atoms with E-state index in [1.165, 1.54) is 5.56 Å². The Bertz CT molecular complexity index is 468. The Morgan fingerprint density at radius 3 is 2.88 bits per heavy atom. The number of Topliss-reactive ketones (excluding diaryl/α,β-unsaturated/α-hetero) is 1. The average molecular weight is 233 g/mol. The normalized spacial score (nSPS) is 10.9. The summed E-state index contributed by atoms with van der Waals surface area (Å²) in [5, 5.41) is 4.20. The summed E-state index contributed by atoms with van der Waals surface area (Å²) in [5.41, 5.74) is 2.09. The highest BCUT2D eigenvalue weighted by atomic mass is 32.1. The topological polar surface area (TPSA) is 22.0 Å². The van der Waals surface area contributed by atoms with Crippen LogP contribution >= 0.6 is 11.3 Å². The fraction of sp³-hybridized carbons (Fsp3) is 0.308. The predicted molar refractivity (Wildman–Crippen MR) is 67.0 cm³/mol. The summed E-state index contributed by atoms with van der Waals surface area (Å²) in [6.45, 7) is 4.70. The average Bonchev–Trinajstić information content (AvgIpc) is 2.88. The molecule has 0 aromatic carbocycles. The second-order valence-corrected chi connectivity index (χ2v) is 5.00. The van der Waals surface area contributed by atoms with E-state index in [2.05, 4.69) is 21.4 Å². The van der Waals surface area contributed by atoms with Crippen molar-refractivity contribution in [3.05, 3.63) is 46.4 Å². The zero-order valence-corrected chi connectivity index (χ0v) is 10.3. The molecule has 0 atom stereocenters. The Morgan fingerprint density at radius 2 is 2.25 bits per heavy atom. The molecule has 84 valence electrons. The second-order valence-electron chi connectivity index (χ2n) is 4.22. The van der Waals surface area contributed by atoms with E-state index in [0.29, 0.717) is 0 Å². The zero-order valence-electron chi connectivity index (χ0n) is 9.51. The number of thiophene rings is 1. The lowest BCUT2D eigenvalue weighted by Gasteiger charge is -2.01. The van der Waals surface area contributed by atoms with E-state index >= 15 is 0 Å². The van der Waals surface area contributed by atoms with Crippen molar-refractivity contribution in [1.82, 2.24) is 4.57 Å². The van der Waals surface area contributed by atoms with Crippen molar-refractivity contribution in [1.29, 1.82) is 0 Å². The molecule has 16 heavy (non-hydrogen) atoms. The highest BCUT2D eigenvalue weighted by Gasteiger charge is 2.11. The molecule has 0 saturated heterocycles. The van der Waals surface area contributed by atoms with Crippen LogP contribution in [0.3, 0.4) is 0 Å². The van der Waals surface area contributed by atoms with E-state index in [9.17, 15) is 4.79 Å². The largest absolute Gasteiger partial charge is 0.349 e. The lowest BCUT2D eigenvalue weighted by atomic mass is 10.0. The second kappa shape index (κ2) is 4.66. The molecular formula is C13H15NOS. The minimum absolute atomic E-state index is 0.0667. The van der Waals surface area contributed by atoms with Crippen LogP contribution in [0.4, 0.5) is 0 Å². The Hall–Kier alpha value is -1.35. The maximum atomic E-state index is 11.7. The van der Waals surface area contributed by atoms with Crippen LogP contribution in [0.15, 0.2) is 35.3 Å². The first-order chi connectivity index (χ1) is 7.66. The van der Waals surface area contributed by atoms with Gasteiger partial charge in [-0.3, -0.25) is 4.79 Å². The van der Waals surface area contributed by atoms with Gasteiger partial charge in [0.15, 0.2) is 5.78 Å². The van der Waals surface area contributed by atoms with Gasteiger partial charge in [0.25, 0.3) is 0 Å². The minimum Gasteiger partial charge on any atom is -0.349 e. The van der Waals surface area contributed by atoms with Crippen molar-refractivity contribution in [2.75, 3.05) is 0 Å². The third-order valence-corrected chi connectivity index (χ3v) is 3.24. The van der Waals surface area contributed by atoms with Gasteiger partial charge in [-0.15, -0.1) is 0 Å². The molecule has 0 aliphatic rings. The van der Waals surface area contributed by atoms with Gasteiger partial charge in [-0.05, 0) is 28.5 Å². The van der Waals surface area contributed by atoms with Crippen LogP contribution in [0.1, 0.15) is 29.8 Å². The van der Waals surface area contributed by atoms with Crippen molar-refractivity contribution in [3.63, 3.8) is 0 Å². The van der Waals surface area contributed by atoms with Gasteiger partial charge in [0.1, 0.15) is 0 Å². The first kappa shape index (κ1) is 11.1. The predicted octanol–water partition coefficient (Wildman–Crippen LogP) is 3.44. The van der Waals surface area contributed by atoms with Gasteiger partial charge in [-0.2, -0.15) is 11.3 Å². The zero-order chi connectivity index (χ0) is 11.5. The highest BCUT2D eigenvalue weighted by molar-refractivity contribution is 7.07. The maximum Gasteiger partial charge on any atom is 0.166 e. The van der Waals surface area contributed by atoms with Crippen LogP contribution in [0.2, 0.25) is 0 Å². The smallest absolute Gasteiger partial charge is 0.166 e. The van der Waals surface area contributed by atoms with Crippen LogP contribution in [-0.4, -0.2) is 10.4 Å². The fourth-order valence-corrected chi connectivity index (χ4v) is 2.27. The van der Waals surface area contributed by atoms with E-state index in [1.807, 2.05) is 32.3 Å². The van der Waals surface area contributed by atoms with Gasteiger partial charge in [0.05, 0.1) is 0 Å². The number of hydrogen-bond acceptors (Lipinski definition) is 2. The summed E-state index contributed by atoms with van der Waals surface area (Å²) in [5.74, 6) is 0.279. The Labute approximate surface area is 99.5 Å². The molecule has 2 aromatic rings. The maximum absolute atomic E-state index is 11.7. The standard InChI is InChI=1S/C13H15NOS/c1-10(2)13(15)12-3-5-14(8-12)7-11-4-6-16-9-11/h3-6,8-10H,7H2,1-2H3. The summed E-state index contributed by atoms with van der Waals surface area (Å²) < 4.78 is 2.05. The number of rotatable bonds is 4. The Balaban J connectivity index is 2.11. The summed E-state index contributed by atoms with van der Waals surface area (Å²) in [6.07, 6.45) is 3.90. The van der Waals surface area contributed by atoms with Gasteiger partial charge >= 0.3 is 0 Å². The summed E-state index contributed by atoms with van der Waals surface area (Å²) >= 11 is 1.70. The third-order valence-electron chi connectivity index (χ3n) is 2.50. The van der Waals surface area contributed by atoms with Crippen molar-refractivity contribution in [2.24, 2.45) is 5.92 Å². The highest BCUT2D eigenvalue weighted by Crippen LogP contribution is 2.12. The SMILES string of the molecule is CC(C)C(=O)c1ccn(Cc2ccsc2)c1. The van der Waals surface area contributed by atoms with Crippen LogP contribution in [0, 0.1) is 5.92 Å². The molecule has 0 fully saturated rings. The molecule has 0 radical (unpaired) electrons. The van der Waals surface area contributed by atoms with E-state index in [1.54, 1.807) is 11.3 Å². The summed E-state index contributed by atoms with van der Waals surface area (Å²) in [4.78, 5) is 11.7. The molecule has 2 aromatic heterocycles. The monoisotopic (exact) mass is 233 g/mol. The molecule has 0 amide bonds. The van der Waals surface area contributed by atoms with Gasteiger partial charge < -0.3 is 4.57 Å². The quantitative estimate of drug-likeness (QED) is 0.741. The summed E-state index contributed by atoms with van der Waals surface area (Å²) in [7, 11) is 0. The molecule has 2 rings (SSSR count). The van der Waals surface area contributed by atoms with Crippen molar-refractivity contribution in [3.8, 4) is 0 Å². The Kier molecular flexibility index (Phi) is 3.25. The number of carbonyl (C=O) groups excluding carboxylic acids is 1. The molecular weight excluding hydrogens is 218 g/mol. The van der Waals surface area contributed by atoms with Crippen LogP contribution in [0.25, 0.3) is 0 Å². The van der Waals surface area contributed by atoms with Crippen molar-refractivity contribution < 1.29 is 4.79 Å². The van der Waals surface area contributed by atoms with Gasteiger partial charge in [0, 0.05) is 30.4 Å². The van der Waals surface area contributed by atoms with E-state index in [0.717, 1.165) is 12.1 Å². The number of ketones is 1. The molecule has 0 unspecified atom stereocenters. The molecule has 2 heterocycles. The molecule has 0 aliphatic carbocycles. The minimum atomic E-state index is 0.0667. The fourth-order valence-electron chi connectivity index (χ4n) is 1.61. The molecule has 2 nitrogen and oxygen atoms in total. The molecule has 0 spiro atoms. The number of carbonyl (C=O) groups is 1. The number of hydrogen-bond donors (Lipinski definition) is 0. The van der Waals surface area contributed by atoms with Crippen LogP contribution < -0.4 is 0 Å². The van der Waals surface area contributed by atoms with Crippen LogP contribution in [0.5, 0.6) is 0 Å². The van der Waals surface area contributed by atoms with Crippen molar-refractivity contribution in [2.45, 2.75) is 20.4 Å². The molecule has 0 bridgehead atoms. The van der Waals surface area contributed by atoms with E-state index in [4.69, 9.17) is 0 Å². The molecule has 0 saturated carbocycles. The first-order valence-electron chi connectivity index (χ1n) is 5.38. The van der Waals surface area contributed by atoms with Gasteiger partial charge in [-0.25, -0.2) is 0 Å². The molecule has 3 heteroatoms. The summed E-state index contributed by atoms with van der Waals surface area (Å²) in [6, 6.07) is 4.00. The molecule has 0 aliphatic heterocycles. The number of nitrogens with zero attached hydrogens (tertiary/aromatic N) is 1. The molecule has 0 N–H and O–H groups in total. The van der Waals surface area contributed by atoms with E-state index < -0.39 is 0 Å². The van der Waals surface area contributed by atoms with Gasteiger partial charge in [0.2, 0.25) is 0 Å². The lowest BCUT2D eigenvalue weighted by Crippen LogP contribution is -2.06. The Morgan fingerprint density at radius 1 is 1.44 bits per heavy atom. The number of aromatic nitrogens is 1. The van der Waals surface area contributed by atoms with Crippen LogP contribution in [-0.2, 0) is 6.54 Å². The lowest BCUT2D eigenvalue weighted by molar-refractivity contribution is 0.0939. The first-order valence-corrected chi connectivity index (χ1v) is 6.32.